The predicted molar refractivity (Wildman–Crippen MR) is 64.8 cm³/mol. The van der Waals surface area contributed by atoms with Gasteiger partial charge >= 0.3 is 0 Å². The summed E-state index contributed by atoms with van der Waals surface area (Å²) >= 11 is 0. The molecular weight excluding hydrogens is 238 g/mol. The molecule has 1 aromatic carbocycles. The molecule has 2 N–H and O–H groups in total. The fourth-order valence-electron chi connectivity index (χ4n) is 1.44. The van der Waals surface area contributed by atoms with Crippen molar-refractivity contribution in [1.29, 1.82) is 10.8 Å². The molecule has 1 heterocycles. The second-order valence-electron chi connectivity index (χ2n) is 3.69. The maximum Gasteiger partial charge on any atom is 0.269 e. The van der Waals surface area contributed by atoms with E-state index >= 15 is 0 Å². The van der Waals surface area contributed by atoms with E-state index in [1.165, 1.54) is 24.4 Å². The van der Waals surface area contributed by atoms with Crippen LogP contribution in [0.1, 0.15) is 5.56 Å². The van der Waals surface area contributed by atoms with Crippen molar-refractivity contribution in [3.63, 3.8) is 0 Å². The molecule has 0 saturated carbocycles. The summed E-state index contributed by atoms with van der Waals surface area (Å²) in [4.78, 5) is 0.118. The molecule has 1 aliphatic heterocycles. The van der Waals surface area contributed by atoms with E-state index in [0.29, 0.717) is 0 Å². The number of amidine groups is 1. The summed E-state index contributed by atoms with van der Waals surface area (Å²) in [6, 6.07) is 6.38. The van der Waals surface area contributed by atoms with Crippen molar-refractivity contribution in [1.82, 2.24) is 4.31 Å². The van der Waals surface area contributed by atoms with Crippen LogP contribution in [0, 0.1) is 17.7 Å². The summed E-state index contributed by atoms with van der Waals surface area (Å²) in [6.45, 7) is 1.86. The second kappa shape index (κ2) is 3.81. The molecule has 88 valence electrons. The fraction of sp³-hybridized carbons (Fsp3) is 0.0909. The van der Waals surface area contributed by atoms with Gasteiger partial charge in [-0.05, 0) is 25.1 Å². The number of nitrogens with zero attached hydrogens (tertiary/aromatic N) is 1. The topological polar surface area (TPSA) is 85.1 Å². The predicted octanol–water partition coefficient (Wildman–Crippen LogP) is 1.51. The molecule has 17 heavy (non-hydrogen) atoms. The molecular formula is C11H11N3O2S. The van der Waals surface area contributed by atoms with Gasteiger partial charge in [-0.15, -0.1) is 0 Å². The highest BCUT2D eigenvalue weighted by molar-refractivity contribution is 7.90. The third kappa shape index (κ3) is 1.87. The van der Waals surface area contributed by atoms with E-state index in [2.05, 4.69) is 0 Å². The SMILES string of the molecule is Cc1ccc(S(=O)(=O)N2C=CC(=N)C2=N)cc1. The minimum Gasteiger partial charge on any atom is -0.297 e. The Balaban J connectivity index is 2.45. The number of aryl methyl sites for hydroxylation is 1. The molecule has 6 heteroatoms. The number of nitrogens with one attached hydrogen (secondary N) is 2. The van der Waals surface area contributed by atoms with E-state index < -0.39 is 10.0 Å². The minimum absolute atomic E-state index is 0.110. The van der Waals surface area contributed by atoms with Crippen LogP contribution in [-0.4, -0.2) is 24.3 Å². The van der Waals surface area contributed by atoms with Crippen LogP contribution in [0.2, 0.25) is 0 Å². The van der Waals surface area contributed by atoms with Crippen LogP contribution in [0.15, 0.2) is 41.4 Å². The quantitative estimate of drug-likeness (QED) is 0.832. The smallest absolute Gasteiger partial charge is 0.269 e. The highest BCUT2D eigenvalue weighted by atomic mass is 32.2. The van der Waals surface area contributed by atoms with Crippen LogP contribution in [0.4, 0.5) is 0 Å². The molecule has 0 atom stereocenters. The molecule has 0 aliphatic carbocycles. The zero-order valence-corrected chi connectivity index (χ0v) is 9.95. The first-order valence-electron chi connectivity index (χ1n) is 4.90. The largest absolute Gasteiger partial charge is 0.297 e. The molecule has 0 unspecified atom stereocenters. The molecule has 0 amide bonds. The first-order chi connectivity index (χ1) is 7.93. The van der Waals surface area contributed by atoms with Crippen molar-refractivity contribution in [3.8, 4) is 0 Å². The highest BCUT2D eigenvalue weighted by Gasteiger charge is 2.29. The summed E-state index contributed by atoms with van der Waals surface area (Å²) in [7, 11) is -3.76. The lowest BCUT2D eigenvalue weighted by Crippen LogP contribution is -2.31. The average Bonchev–Trinajstić information content (AvgIpc) is 2.61. The van der Waals surface area contributed by atoms with Gasteiger partial charge in [0.25, 0.3) is 10.0 Å². The molecule has 5 nitrogen and oxygen atoms in total. The number of sulfonamides is 1. The van der Waals surface area contributed by atoms with E-state index in [-0.39, 0.29) is 16.4 Å². The lowest BCUT2D eigenvalue weighted by molar-refractivity contribution is 0.564. The van der Waals surface area contributed by atoms with Gasteiger partial charge in [-0.25, -0.2) is 12.7 Å². The number of benzene rings is 1. The van der Waals surface area contributed by atoms with Gasteiger partial charge in [0, 0.05) is 6.20 Å². The molecule has 0 aromatic heterocycles. The maximum atomic E-state index is 12.1. The Morgan fingerprint density at radius 1 is 1.12 bits per heavy atom. The molecule has 0 spiro atoms. The van der Waals surface area contributed by atoms with E-state index in [9.17, 15) is 8.42 Å². The van der Waals surface area contributed by atoms with Gasteiger partial charge in [-0.3, -0.25) is 10.8 Å². The van der Waals surface area contributed by atoms with E-state index in [1.807, 2.05) is 6.92 Å². The van der Waals surface area contributed by atoms with E-state index in [4.69, 9.17) is 10.8 Å². The van der Waals surface area contributed by atoms with Crippen LogP contribution in [0.3, 0.4) is 0 Å². The summed E-state index contributed by atoms with van der Waals surface area (Å²) in [5.41, 5.74) is 0.851. The second-order valence-corrected chi connectivity index (χ2v) is 5.51. The molecule has 0 fully saturated rings. The summed E-state index contributed by atoms with van der Waals surface area (Å²) < 4.78 is 25.1. The fourth-order valence-corrected chi connectivity index (χ4v) is 2.71. The van der Waals surface area contributed by atoms with Crippen molar-refractivity contribution in [2.45, 2.75) is 11.8 Å². The van der Waals surface area contributed by atoms with Crippen LogP contribution < -0.4 is 0 Å². The van der Waals surface area contributed by atoms with E-state index in [0.717, 1.165) is 9.87 Å². The summed E-state index contributed by atoms with van der Waals surface area (Å²) in [6.07, 6.45) is 2.51. The minimum atomic E-state index is -3.76. The van der Waals surface area contributed by atoms with Gasteiger partial charge < -0.3 is 0 Å². The van der Waals surface area contributed by atoms with Gasteiger partial charge in [0.05, 0.1) is 10.6 Å². The lowest BCUT2D eigenvalue weighted by Gasteiger charge is -2.16. The maximum absolute atomic E-state index is 12.1. The van der Waals surface area contributed by atoms with Crippen molar-refractivity contribution in [2.75, 3.05) is 0 Å². The van der Waals surface area contributed by atoms with Crippen molar-refractivity contribution < 1.29 is 8.42 Å². The molecule has 0 saturated heterocycles. The van der Waals surface area contributed by atoms with Crippen LogP contribution >= 0.6 is 0 Å². The number of hydrogen-bond acceptors (Lipinski definition) is 4. The Morgan fingerprint density at radius 2 is 1.71 bits per heavy atom. The van der Waals surface area contributed by atoms with Crippen molar-refractivity contribution >= 4 is 21.6 Å². The Bertz CT molecular complexity index is 615. The molecule has 0 radical (unpaired) electrons. The summed E-state index contributed by atoms with van der Waals surface area (Å²) in [5.74, 6) is -0.328. The number of rotatable bonds is 2. The third-order valence-corrected chi connectivity index (χ3v) is 4.12. The Labute approximate surface area is 99.5 Å². The first kappa shape index (κ1) is 11.5. The van der Waals surface area contributed by atoms with Gasteiger partial charge in [0.2, 0.25) is 0 Å². The Morgan fingerprint density at radius 3 is 2.18 bits per heavy atom. The first-order valence-corrected chi connectivity index (χ1v) is 6.34. The van der Waals surface area contributed by atoms with Crippen molar-refractivity contribution in [3.05, 3.63) is 42.1 Å². The Hall–Kier alpha value is -1.95. The zero-order valence-electron chi connectivity index (χ0n) is 9.14. The van der Waals surface area contributed by atoms with Crippen LogP contribution in [0.25, 0.3) is 0 Å². The van der Waals surface area contributed by atoms with Crippen LogP contribution in [0.5, 0.6) is 0 Å². The average molecular weight is 249 g/mol. The highest BCUT2D eigenvalue weighted by Crippen LogP contribution is 2.20. The molecule has 1 aromatic rings. The standard InChI is InChI=1S/C11H11N3O2S/c1-8-2-4-9(5-3-8)17(15,16)14-7-6-10(12)11(14)13/h2-7,12-13H,1H3. The zero-order chi connectivity index (χ0) is 12.6. The van der Waals surface area contributed by atoms with Gasteiger partial charge in [0.1, 0.15) is 0 Å². The Kier molecular flexibility index (Phi) is 2.59. The van der Waals surface area contributed by atoms with Gasteiger partial charge in [-0.1, -0.05) is 17.7 Å². The van der Waals surface area contributed by atoms with Crippen LogP contribution in [-0.2, 0) is 10.0 Å². The van der Waals surface area contributed by atoms with E-state index in [1.54, 1.807) is 12.1 Å². The molecule has 2 rings (SSSR count). The normalized spacial score (nSPS) is 15.7. The third-order valence-electron chi connectivity index (χ3n) is 2.43. The molecule has 0 bridgehead atoms. The summed E-state index contributed by atoms with van der Waals surface area (Å²) in [5, 5.41) is 14.9. The van der Waals surface area contributed by atoms with Gasteiger partial charge in [0.15, 0.2) is 5.84 Å². The monoisotopic (exact) mass is 249 g/mol. The lowest BCUT2D eigenvalue weighted by atomic mass is 10.2. The van der Waals surface area contributed by atoms with Gasteiger partial charge in [-0.2, -0.15) is 0 Å². The number of hydrogen-bond donors (Lipinski definition) is 2. The molecule has 1 aliphatic rings. The van der Waals surface area contributed by atoms with Crippen molar-refractivity contribution in [2.24, 2.45) is 0 Å².